The van der Waals surface area contributed by atoms with Crippen LogP contribution in [0.5, 0.6) is 0 Å². The predicted octanol–water partition coefficient (Wildman–Crippen LogP) is 2.95. The highest BCUT2D eigenvalue weighted by molar-refractivity contribution is 5.91. The van der Waals surface area contributed by atoms with Gasteiger partial charge in [0.05, 0.1) is 17.3 Å². The molecule has 2 rings (SSSR count). The Morgan fingerprint density at radius 1 is 1.24 bits per heavy atom. The Labute approximate surface area is 101 Å². The molecule has 0 unspecified atom stereocenters. The van der Waals surface area contributed by atoms with Crippen molar-refractivity contribution in [2.75, 3.05) is 18.0 Å². The van der Waals surface area contributed by atoms with E-state index in [1.165, 1.54) is 12.3 Å². The molecule has 0 spiro atoms. The van der Waals surface area contributed by atoms with Gasteiger partial charge in [-0.2, -0.15) is 0 Å². The van der Waals surface area contributed by atoms with E-state index in [0.29, 0.717) is 11.0 Å². The van der Waals surface area contributed by atoms with Crippen molar-refractivity contribution < 1.29 is 4.42 Å². The lowest BCUT2D eigenvalue weighted by Gasteiger charge is -2.22. The molecule has 90 valence electrons. The zero-order valence-electron chi connectivity index (χ0n) is 10.5. The summed E-state index contributed by atoms with van der Waals surface area (Å²) in [5.74, 6) is 0. The fourth-order valence-electron chi connectivity index (χ4n) is 2.14. The van der Waals surface area contributed by atoms with E-state index in [1.807, 2.05) is 19.1 Å². The Bertz CT molecular complexity index is 582. The lowest BCUT2D eigenvalue weighted by Crippen LogP contribution is -2.23. The summed E-state index contributed by atoms with van der Waals surface area (Å²) in [7, 11) is 0. The molecule has 2 aromatic rings. The van der Waals surface area contributed by atoms with E-state index < -0.39 is 0 Å². The van der Waals surface area contributed by atoms with Crippen LogP contribution in [0.15, 0.2) is 33.7 Å². The third kappa shape index (κ3) is 2.05. The van der Waals surface area contributed by atoms with Gasteiger partial charge in [-0.3, -0.25) is 4.79 Å². The van der Waals surface area contributed by atoms with Gasteiger partial charge in [0.2, 0.25) is 0 Å². The van der Waals surface area contributed by atoms with Gasteiger partial charge in [-0.1, -0.05) is 0 Å². The molecule has 0 bridgehead atoms. The minimum Gasteiger partial charge on any atom is -0.464 e. The first-order valence-electron chi connectivity index (χ1n) is 5.94. The van der Waals surface area contributed by atoms with Crippen molar-refractivity contribution in [1.29, 1.82) is 0 Å². The lowest BCUT2D eigenvalue weighted by molar-refractivity contribution is 0.602. The number of hydrogen-bond donors (Lipinski definition) is 0. The molecule has 0 fully saturated rings. The average Bonchev–Trinajstić information content (AvgIpc) is 2.30. The Kier molecular flexibility index (Phi) is 3.18. The Balaban J connectivity index is 2.80. The van der Waals surface area contributed by atoms with Crippen molar-refractivity contribution >= 4 is 16.7 Å². The van der Waals surface area contributed by atoms with Crippen LogP contribution >= 0.6 is 0 Å². The number of rotatable bonds is 3. The molecule has 0 amide bonds. The zero-order chi connectivity index (χ0) is 12.4. The first-order valence-corrected chi connectivity index (χ1v) is 5.94. The molecular weight excluding hydrogens is 214 g/mol. The number of hydrogen-bond acceptors (Lipinski definition) is 3. The van der Waals surface area contributed by atoms with Crippen molar-refractivity contribution in [2.24, 2.45) is 0 Å². The molecule has 0 saturated heterocycles. The molecule has 0 aliphatic rings. The number of nitrogens with zero attached hydrogens (tertiary/aromatic N) is 1. The van der Waals surface area contributed by atoms with Crippen LogP contribution < -0.4 is 10.3 Å². The third-order valence-corrected chi connectivity index (χ3v) is 2.99. The first kappa shape index (κ1) is 11.7. The molecule has 3 nitrogen and oxygen atoms in total. The van der Waals surface area contributed by atoms with E-state index in [4.69, 9.17) is 4.42 Å². The molecule has 17 heavy (non-hydrogen) atoms. The summed E-state index contributed by atoms with van der Waals surface area (Å²) < 4.78 is 5.43. The molecule has 0 aliphatic carbocycles. The second kappa shape index (κ2) is 4.62. The fourth-order valence-corrected chi connectivity index (χ4v) is 2.14. The van der Waals surface area contributed by atoms with E-state index in [9.17, 15) is 4.79 Å². The van der Waals surface area contributed by atoms with Crippen molar-refractivity contribution in [3.63, 3.8) is 0 Å². The summed E-state index contributed by atoms with van der Waals surface area (Å²) in [5, 5.41) is 0.682. The number of aryl methyl sites for hydroxylation is 1. The van der Waals surface area contributed by atoms with Crippen LogP contribution in [0.1, 0.15) is 19.4 Å². The van der Waals surface area contributed by atoms with Gasteiger partial charge in [0, 0.05) is 19.2 Å². The molecular formula is C14H17NO2. The Morgan fingerprint density at radius 2 is 1.94 bits per heavy atom. The van der Waals surface area contributed by atoms with Gasteiger partial charge in [-0.05, 0) is 38.5 Å². The number of benzene rings is 1. The summed E-state index contributed by atoms with van der Waals surface area (Å²) >= 11 is 0. The zero-order valence-corrected chi connectivity index (χ0v) is 10.5. The van der Waals surface area contributed by atoms with Crippen LogP contribution in [0, 0.1) is 6.92 Å². The van der Waals surface area contributed by atoms with Gasteiger partial charge in [0.1, 0.15) is 5.58 Å². The molecule has 0 N–H and O–H groups in total. The molecule has 3 heteroatoms. The number of fused-ring (bicyclic) bond motifs is 1. The second-order valence-electron chi connectivity index (χ2n) is 4.11. The van der Waals surface area contributed by atoms with E-state index in [0.717, 1.165) is 24.3 Å². The molecule has 1 aromatic heterocycles. The summed E-state index contributed by atoms with van der Waals surface area (Å²) in [6.07, 6.45) is 1.45. The summed E-state index contributed by atoms with van der Waals surface area (Å²) in [6, 6.07) is 5.43. The Morgan fingerprint density at radius 3 is 2.59 bits per heavy atom. The van der Waals surface area contributed by atoms with E-state index >= 15 is 0 Å². The molecule has 0 saturated carbocycles. The lowest BCUT2D eigenvalue weighted by atomic mass is 10.1. The SMILES string of the molecule is CCN(CC)c1cc(C)cc2occc(=O)c12. The quantitative estimate of drug-likeness (QED) is 0.814. The van der Waals surface area contributed by atoms with Crippen molar-refractivity contribution in [3.05, 3.63) is 40.2 Å². The minimum atomic E-state index is 0.0214. The predicted molar refractivity (Wildman–Crippen MR) is 70.8 cm³/mol. The van der Waals surface area contributed by atoms with E-state index in [-0.39, 0.29) is 5.43 Å². The van der Waals surface area contributed by atoms with Gasteiger partial charge in [-0.25, -0.2) is 0 Å². The highest BCUT2D eigenvalue weighted by Gasteiger charge is 2.11. The van der Waals surface area contributed by atoms with Crippen molar-refractivity contribution in [1.82, 2.24) is 0 Å². The van der Waals surface area contributed by atoms with Crippen LogP contribution in [-0.2, 0) is 0 Å². The van der Waals surface area contributed by atoms with E-state index in [1.54, 1.807) is 0 Å². The van der Waals surface area contributed by atoms with Gasteiger partial charge in [0.25, 0.3) is 0 Å². The van der Waals surface area contributed by atoms with Crippen LogP contribution in [0.3, 0.4) is 0 Å². The van der Waals surface area contributed by atoms with Gasteiger partial charge >= 0.3 is 0 Å². The molecule has 1 heterocycles. The fraction of sp³-hybridized carbons (Fsp3) is 0.357. The smallest absolute Gasteiger partial charge is 0.194 e. The van der Waals surface area contributed by atoms with Crippen molar-refractivity contribution in [3.8, 4) is 0 Å². The van der Waals surface area contributed by atoms with E-state index in [2.05, 4.69) is 18.7 Å². The Hall–Kier alpha value is -1.77. The normalized spacial score (nSPS) is 10.8. The van der Waals surface area contributed by atoms with Crippen molar-refractivity contribution in [2.45, 2.75) is 20.8 Å². The number of anilines is 1. The summed E-state index contributed by atoms with van der Waals surface area (Å²) in [6.45, 7) is 7.94. The minimum absolute atomic E-state index is 0.0214. The first-order chi connectivity index (χ1) is 8.17. The summed E-state index contributed by atoms with van der Waals surface area (Å²) in [5.41, 5.74) is 2.76. The monoisotopic (exact) mass is 231 g/mol. The van der Waals surface area contributed by atoms with Gasteiger partial charge in [0.15, 0.2) is 5.43 Å². The maximum Gasteiger partial charge on any atom is 0.194 e. The summed E-state index contributed by atoms with van der Waals surface area (Å²) in [4.78, 5) is 14.1. The van der Waals surface area contributed by atoms with Gasteiger partial charge < -0.3 is 9.32 Å². The molecule has 0 aliphatic heterocycles. The molecule has 0 atom stereocenters. The average molecular weight is 231 g/mol. The topological polar surface area (TPSA) is 33.5 Å². The standard InChI is InChI=1S/C14H17NO2/c1-4-15(5-2)11-8-10(3)9-13-14(11)12(16)6-7-17-13/h6-9H,4-5H2,1-3H3. The largest absolute Gasteiger partial charge is 0.464 e. The maximum absolute atomic E-state index is 12.0. The maximum atomic E-state index is 12.0. The van der Waals surface area contributed by atoms with Crippen LogP contribution in [-0.4, -0.2) is 13.1 Å². The molecule has 0 radical (unpaired) electrons. The second-order valence-corrected chi connectivity index (χ2v) is 4.11. The molecule has 1 aromatic carbocycles. The van der Waals surface area contributed by atoms with Crippen LogP contribution in [0.2, 0.25) is 0 Å². The highest BCUT2D eigenvalue weighted by atomic mass is 16.3. The van der Waals surface area contributed by atoms with Crippen LogP contribution in [0.25, 0.3) is 11.0 Å². The van der Waals surface area contributed by atoms with Gasteiger partial charge in [-0.15, -0.1) is 0 Å². The highest BCUT2D eigenvalue weighted by Crippen LogP contribution is 2.25. The third-order valence-electron chi connectivity index (χ3n) is 2.99. The van der Waals surface area contributed by atoms with Crippen LogP contribution in [0.4, 0.5) is 5.69 Å².